The minimum absolute atomic E-state index is 0.269. The third kappa shape index (κ3) is 9.95. The van der Waals surface area contributed by atoms with E-state index in [0.29, 0.717) is 24.4 Å². The van der Waals surface area contributed by atoms with Crippen LogP contribution in [0.25, 0.3) is 0 Å². The van der Waals surface area contributed by atoms with Crippen molar-refractivity contribution in [2.75, 3.05) is 18.1 Å². The van der Waals surface area contributed by atoms with Crippen molar-refractivity contribution in [2.24, 2.45) is 5.92 Å². The fraction of sp³-hybridized carbons (Fsp3) is 0.600. The maximum absolute atomic E-state index is 12.2. The van der Waals surface area contributed by atoms with E-state index in [1.54, 1.807) is 33.7 Å². The zero-order valence-electron chi connectivity index (χ0n) is 15.4. The topological polar surface area (TPSA) is 43.4 Å². The molecule has 0 radical (unpaired) electrons. The second-order valence-electron chi connectivity index (χ2n) is 5.99. The average molecular weight is 383 g/mol. The lowest BCUT2D eigenvalue weighted by atomic mass is 9.91. The lowest BCUT2D eigenvalue weighted by Gasteiger charge is -2.13. The third-order valence-electron chi connectivity index (χ3n) is 3.87. The Morgan fingerprint density at radius 3 is 2.28 bits per heavy atom. The molecular weight excluding hydrogens is 352 g/mol. The summed E-state index contributed by atoms with van der Waals surface area (Å²) in [5, 5.41) is 0. The smallest absolute Gasteiger partial charge is 0.338 e. The van der Waals surface area contributed by atoms with Gasteiger partial charge in [-0.05, 0) is 31.4 Å². The van der Waals surface area contributed by atoms with E-state index in [-0.39, 0.29) is 11.9 Å². The number of carbonyl (C=O) groups excluding carboxylic acids is 2. The molecule has 0 amide bonds. The highest BCUT2D eigenvalue weighted by atomic mass is 33.1. The molecule has 0 atom stereocenters. The molecule has 1 aromatic rings. The molecule has 25 heavy (non-hydrogen) atoms. The Morgan fingerprint density at radius 2 is 1.64 bits per heavy atom. The fourth-order valence-electron chi connectivity index (χ4n) is 2.62. The number of ether oxygens (including phenoxy) is 1. The maximum atomic E-state index is 12.2. The van der Waals surface area contributed by atoms with Crippen LogP contribution in [0.4, 0.5) is 0 Å². The van der Waals surface area contributed by atoms with E-state index in [0.717, 1.165) is 43.6 Å². The monoisotopic (exact) mass is 382 g/mol. The van der Waals surface area contributed by atoms with Gasteiger partial charge in [0.1, 0.15) is 12.4 Å². The van der Waals surface area contributed by atoms with Crippen LogP contribution in [0.1, 0.15) is 62.7 Å². The molecule has 0 aromatic heterocycles. The molecule has 0 saturated heterocycles. The van der Waals surface area contributed by atoms with Crippen molar-refractivity contribution in [2.45, 2.75) is 52.4 Å². The minimum Gasteiger partial charge on any atom is -0.461 e. The number of hydrogen-bond donors (Lipinski definition) is 0. The number of carbonyl (C=O) groups is 2. The fourth-order valence-corrected chi connectivity index (χ4v) is 4.53. The predicted molar refractivity (Wildman–Crippen MR) is 109 cm³/mol. The summed E-state index contributed by atoms with van der Waals surface area (Å²) in [6.45, 7) is 4.71. The first kappa shape index (κ1) is 22.1. The molecule has 0 aliphatic heterocycles. The highest BCUT2D eigenvalue weighted by Gasteiger charge is 2.15. The molecule has 0 fully saturated rings. The van der Waals surface area contributed by atoms with E-state index in [4.69, 9.17) is 4.74 Å². The highest BCUT2D eigenvalue weighted by molar-refractivity contribution is 8.76. The summed E-state index contributed by atoms with van der Waals surface area (Å²) in [7, 11) is 3.45. The third-order valence-corrected chi connectivity index (χ3v) is 6.33. The largest absolute Gasteiger partial charge is 0.461 e. The zero-order chi connectivity index (χ0) is 18.3. The SMILES string of the molecule is CCCC(CCC)C(=O)CCCSSCCOC(=O)c1ccccc1. The van der Waals surface area contributed by atoms with Crippen molar-refractivity contribution in [3.8, 4) is 0 Å². The molecule has 0 saturated carbocycles. The van der Waals surface area contributed by atoms with Gasteiger partial charge in [0, 0.05) is 23.8 Å². The van der Waals surface area contributed by atoms with Gasteiger partial charge >= 0.3 is 5.97 Å². The van der Waals surface area contributed by atoms with Crippen LogP contribution in [0.3, 0.4) is 0 Å². The lowest BCUT2D eigenvalue weighted by molar-refractivity contribution is -0.123. The second-order valence-corrected chi connectivity index (χ2v) is 8.69. The van der Waals surface area contributed by atoms with Crippen LogP contribution in [0, 0.1) is 5.92 Å². The van der Waals surface area contributed by atoms with Crippen LogP contribution < -0.4 is 0 Å². The molecule has 5 heteroatoms. The Balaban J connectivity index is 2.03. The van der Waals surface area contributed by atoms with Crippen molar-refractivity contribution in [3.63, 3.8) is 0 Å². The van der Waals surface area contributed by atoms with Crippen molar-refractivity contribution >= 4 is 33.3 Å². The van der Waals surface area contributed by atoms with E-state index in [1.165, 1.54) is 0 Å². The van der Waals surface area contributed by atoms with Crippen molar-refractivity contribution in [3.05, 3.63) is 35.9 Å². The summed E-state index contributed by atoms with van der Waals surface area (Å²) in [6.07, 6.45) is 5.86. The normalized spacial score (nSPS) is 10.8. The van der Waals surface area contributed by atoms with Gasteiger partial charge in [-0.25, -0.2) is 4.79 Å². The highest BCUT2D eigenvalue weighted by Crippen LogP contribution is 2.24. The van der Waals surface area contributed by atoms with Gasteiger partial charge in [-0.3, -0.25) is 4.79 Å². The number of esters is 1. The van der Waals surface area contributed by atoms with Gasteiger partial charge in [0.2, 0.25) is 0 Å². The molecule has 0 N–H and O–H groups in total. The van der Waals surface area contributed by atoms with E-state index >= 15 is 0 Å². The Kier molecular flexibility index (Phi) is 12.6. The van der Waals surface area contributed by atoms with Gasteiger partial charge in [-0.2, -0.15) is 0 Å². The van der Waals surface area contributed by atoms with Gasteiger partial charge in [-0.15, -0.1) is 0 Å². The summed E-state index contributed by atoms with van der Waals surface area (Å²) < 4.78 is 5.23. The summed E-state index contributed by atoms with van der Waals surface area (Å²) in [6, 6.07) is 9.04. The minimum atomic E-state index is -0.269. The van der Waals surface area contributed by atoms with Crippen molar-refractivity contribution in [1.82, 2.24) is 0 Å². The zero-order valence-corrected chi connectivity index (χ0v) is 17.0. The summed E-state index contributed by atoms with van der Waals surface area (Å²) in [4.78, 5) is 23.9. The first-order valence-electron chi connectivity index (χ1n) is 9.18. The number of Topliss-reactive ketones (excluding diaryl/α,β-unsaturated/α-hetero) is 1. The van der Waals surface area contributed by atoms with Crippen LogP contribution >= 0.6 is 21.6 Å². The van der Waals surface area contributed by atoms with E-state index < -0.39 is 0 Å². The number of hydrogen-bond acceptors (Lipinski definition) is 5. The first-order valence-corrected chi connectivity index (χ1v) is 11.7. The number of ketones is 1. The van der Waals surface area contributed by atoms with Crippen LogP contribution in [0.15, 0.2) is 30.3 Å². The molecular formula is C20H30O3S2. The maximum Gasteiger partial charge on any atom is 0.338 e. The number of rotatable bonds is 14. The van der Waals surface area contributed by atoms with Crippen LogP contribution in [0.5, 0.6) is 0 Å². The Labute approximate surface area is 160 Å². The molecule has 0 aliphatic carbocycles. The molecule has 140 valence electrons. The Bertz CT molecular complexity index is 485. The van der Waals surface area contributed by atoms with Gasteiger partial charge in [0.25, 0.3) is 0 Å². The van der Waals surface area contributed by atoms with E-state index in [9.17, 15) is 9.59 Å². The Hall–Kier alpha value is -0.940. The van der Waals surface area contributed by atoms with Crippen LogP contribution in [-0.4, -0.2) is 29.9 Å². The molecule has 0 spiro atoms. The predicted octanol–water partition coefficient (Wildman–Crippen LogP) is 5.79. The van der Waals surface area contributed by atoms with Crippen molar-refractivity contribution < 1.29 is 14.3 Å². The Morgan fingerprint density at radius 1 is 1.00 bits per heavy atom. The molecule has 3 nitrogen and oxygen atoms in total. The summed E-state index contributed by atoms with van der Waals surface area (Å²) in [5.74, 6) is 2.17. The average Bonchev–Trinajstić information content (AvgIpc) is 2.64. The summed E-state index contributed by atoms with van der Waals surface area (Å²) >= 11 is 0. The van der Waals surface area contributed by atoms with E-state index in [1.807, 2.05) is 18.2 Å². The second kappa shape index (κ2) is 14.3. The molecule has 1 aromatic carbocycles. The lowest BCUT2D eigenvalue weighted by Crippen LogP contribution is -2.14. The number of benzene rings is 1. The molecule has 0 aliphatic rings. The van der Waals surface area contributed by atoms with Crippen molar-refractivity contribution in [1.29, 1.82) is 0 Å². The molecule has 0 heterocycles. The molecule has 0 bridgehead atoms. The van der Waals surface area contributed by atoms with Crippen LogP contribution in [0.2, 0.25) is 0 Å². The summed E-state index contributed by atoms with van der Waals surface area (Å²) in [5.41, 5.74) is 0.590. The van der Waals surface area contributed by atoms with Crippen LogP contribution in [-0.2, 0) is 9.53 Å². The van der Waals surface area contributed by atoms with Gasteiger partial charge < -0.3 is 4.74 Å². The van der Waals surface area contributed by atoms with Gasteiger partial charge in [0.15, 0.2) is 0 Å². The quantitative estimate of drug-likeness (QED) is 0.231. The van der Waals surface area contributed by atoms with E-state index in [2.05, 4.69) is 13.8 Å². The molecule has 1 rings (SSSR count). The molecule has 0 unspecified atom stereocenters. The van der Waals surface area contributed by atoms with Gasteiger partial charge in [-0.1, -0.05) is 66.5 Å². The standard InChI is InChI=1S/C20H30O3S2/c1-3-9-17(10-4-2)19(21)13-8-15-24-25-16-14-23-20(22)18-11-6-5-7-12-18/h5-7,11-12,17H,3-4,8-10,13-16H2,1-2H3. The first-order chi connectivity index (χ1) is 12.2. The van der Waals surface area contributed by atoms with Gasteiger partial charge in [0.05, 0.1) is 5.56 Å².